The Hall–Kier alpha value is -1.65. The fraction of sp³-hybridized carbons (Fsp3) is 0.583. The van der Waals surface area contributed by atoms with Gasteiger partial charge in [0, 0.05) is 18.5 Å². The molecule has 0 radical (unpaired) electrons. The molecule has 1 saturated carbocycles. The maximum Gasteiger partial charge on any atom is 0.333 e. The number of likely N-dealkylation sites (tertiary alicyclic amines) is 1. The van der Waals surface area contributed by atoms with Gasteiger partial charge in [0.15, 0.2) is 0 Å². The van der Waals surface area contributed by atoms with E-state index in [0.717, 1.165) is 6.42 Å². The lowest BCUT2D eigenvalue weighted by Crippen LogP contribution is -2.29. The number of allylic oxidation sites excluding steroid dienone is 1. The summed E-state index contributed by atoms with van der Waals surface area (Å²) >= 11 is 0. The number of hydrogen-bond donors (Lipinski definition) is 0. The van der Waals surface area contributed by atoms with Crippen molar-refractivity contribution in [3.8, 4) is 0 Å². The summed E-state index contributed by atoms with van der Waals surface area (Å²) in [6, 6.07) is 0. The average Bonchev–Trinajstić information content (AvgIpc) is 2.96. The molecule has 0 unspecified atom stereocenters. The third-order valence-corrected chi connectivity index (χ3v) is 4.25. The molecule has 0 aromatic carbocycles. The van der Waals surface area contributed by atoms with Crippen LogP contribution in [0.5, 0.6) is 0 Å². The SMILES string of the molecule is COC(=O)C1=C[C@H]2C[C@@H]1[C@H]1C(=O)N(C)C(=O)[C@H]12. The quantitative estimate of drug-likeness (QED) is 0.473. The predicted octanol–water partition coefficient (Wildman–Crippen LogP) is -0.0335. The van der Waals surface area contributed by atoms with Crippen LogP contribution in [0.2, 0.25) is 0 Å². The lowest BCUT2D eigenvalue weighted by atomic mass is 9.81. The van der Waals surface area contributed by atoms with Gasteiger partial charge in [-0.3, -0.25) is 14.5 Å². The van der Waals surface area contributed by atoms with Gasteiger partial charge in [0.05, 0.1) is 18.9 Å². The summed E-state index contributed by atoms with van der Waals surface area (Å²) in [6.07, 6.45) is 2.55. The number of carbonyl (C=O) groups excluding carboxylic acids is 3. The normalized spacial score (nSPS) is 38.5. The van der Waals surface area contributed by atoms with Crippen molar-refractivity contribution in [3.63, 3.8) is 0 Å². The second-order valence-electron chi connectivity index (χ2n) is 4.91. The molecule has 0 N–H and O–H groups in total. The summed E-state index contributed by atoms with van der Waals surface area (Å²) in [5.74, 6) is -1.30. The topological polar surface area (TPSA) is 63.7 Å². The number of fused-ring (bicyclic) bond motifs is 5. The zero-order valence-electron chi connectivity index (χ0n) is 9.67. The molecule has 2 aliphatic carbocycles. The molecule has 1 aliphatic heterocycles. The summed E-state index contributed by atoms with van der Waals surface area (Å²) in [6.45, 7) is 0. The molecule has 4 atom stereocenters. The van der Waals surface area contributed by atoms with Crippen molar-refractivity contribution in [1.29, 1.82) is 0 Å². The minimum Gasteiger partial charge on any atom is -0.466 e. The second kappa shape index (κ2) is 3.18. The minimum atomic E-state index is -0.370. The molecule has 1 heterocycles. The Kier molecular flexibility index (Phi) is 1.97. The molecule has 1 saturated heterocycles. The van der Waals surface area contributed by atoms with Gasteiger partial charge < -0.3 is 4.74 Å². The number of esters is 1. The number of ether oxygens (including phenoxy) is 1. The number of carbonyl (C=O) groups is 3. The molecule has 0 aromatic rings. The summed E-state index contributed by atoms with van der Waals surface area (Å²) in [5, 5.41) is 0. The van der Waals surface area contributed by atoms with E-state index in [1.807, 2.05) is 6.08 Å². The average molecular weight is 235 g/mol. The van der Waals surface area contributed by atoms with Crippen molar-refractivity contribution >= 4 is 17.8 Å². The van der Waals surface area contributed by atoms with Crippen LogP contribution in [-0.2, 0) is 19.1 Å². The number of methoxy groups -OCH3 is 1. The van der Waals surface area contributed by atoms with Crippen molar-refractivity contribution in [1.82, 2.24) is 4.90 Å². The first-order valence-corrected chi connectivity index (χ1v) is 5.67. The van der Waals surface area contributed by atoms with Gasteiger partial charge in [-0.1, -0.05) is 6.08 Å². The van der Waals surface area contributed by atoms with Crippen LogP contribution in [-0.4, -0.2) is 36.8 Å². The molecule has 5 nitrogen and oxygen atoms in total. The maximum atomic E-state index is 12.0. The van der Waals surface area contributed by atoms with Crippen molar-refractivity contribution in [3.05, 3.63) is 11.6 Å². The number of nitrogens with zero attached hydrogens (tertiary/aromatic N) is 1. The molecule has 3 aliphatic rings. The first kappa shape index (κ1) is 10.5. The maximum absolute atomic E-state index is 12.0. The first-order valence-electron chi connectivity index (χ1n) is 5.67. The summed E-state index contributed by atoms with van der Waals surface area (Å²) in [4.78, 5) is 36.6. The minimum absolute atomic E-state index is 0.0282. The molecule has 17 heavy (non-hydrogen) atoms. The highest BCUT2D eigenvalue weighted by Gasteiger charge is 2.61. The van der Waals surface area contributed by atoms with Crippen LogP contribution in [0.1, 0.15) is 6.42 Å². The third kappa shape index (κ3) is 1.11. The predicted molar refractivity (Wildman–Crippen MR) is 56.5 cm³/mol. The Morgan fingerprint density at radius 1 is 1.35 bits per heavy atom. The van der Waals surface area contributed by atoms with Crippen molar-refractivity contribution < 1.29 is 19.1 Å². The number of imide groups is 1. The second-order valence-corrected chi connectivity index (χ2v) is 4.91. The van der Waals surface area contributed by atoms with E-state index < -0.39 is 0 Å². The highest BCUT2D eigenvalue weighted by atomic mass is 16.5. The molecule has 90 valence electrons. The fourth-order valence-corrected chi connectivity index (χ4v) is 3.50. The molecule has 0 spiro atoms. The smallest absolute Gasteiger partial charge is 0.333 e. The number of rotatable bonds is 1. The zero-order chi connectivity index (χ0) is 12.3. The lowest BCUT2D eigenvalue weighted by molar-refractivity contribution is -0.138. The molecule has 3 rings (SSSR count). The van der Waals surface area contributed by atoms with Gasteiger partial charge in [0.25, 0.3) is 0 Å². The Morgan fingerprint density at radius 3 is 2.65 bits per heavy atom. The molecule has 0 aromatic heterocycles. The van der Waals surface area contributed by atoms with Gasteiger partial charge in [-0.2, -0.15) is 0 Å². The van der Waals surface area contributed by atoms with Crippen LogP contribution < -0.4 is 0 Å². The van der Waals surface area contributed by atoms with E-state index in [4.69, 9.17) is 4.74 Å². The van der Waals surface area contributed by atoms with E-state index in [-0.39, 0.29) is 41.5 Å². The van der Waals surface area contributed by atoms with Gasteiger partial charge in [0.2, 0.25) is 11.8 Å². The van der Waals surface area contributed by atoms with Crippen LogP contribution in [0.15, 0.2) is 11.6 Å². The van der Waals surface area contributed by atoms with E-state index in [9.17, 15) is 14.4 Å². The molecular formula is C12H13NO4. The zero-order valence-corrected chi connectivity index (χ0v) is 9.67. The fourth-order valence-electron chi connectivity index (χ4n) is 3.50. The van der Waals surface area contributed by atoms with Crippen molar-refractivity contribution in [2.24, 2.45) is 23.7 Å². The Bertz CT molecular complexity index is 467. The largest absolute Gasteiger partial charge is 0.466 e. The van der Waals surface area contributed by atoms with Crippen LogP contribution in [0.3, 0.4) is 0 Å². The molecule has 2 amide bonds. The van der Waals surface area contributed by atoms with Crippen LogP contribution in [0.25, 0.3) is 0 Å². The van der Waals surface area contributed by atoms with Crippen molar-refractivity contribution in [2.45, 2.75) is 6.42 Å². The Morgan fingerprint density at radius 2 is 2.00 bits per heavy atom. The Balaban J connectivity index is 1.98. The molecule has 5 heteroatoms. The lowest BCUT2D eigenvalue weighted by Gasteiger charge is -2.19. The standard InChI is InChI=1S/C12H13NO4/c1-13-10(14)8-5-3-6(9(8)11(13)15)7(4-5)12(16)17-2/h4-6,8-9H,3H2,1-2H3/t5-,6+,8+,9-/m1/s1. The van der Waals surface area contributed by atoms with Crippen LogP contribution in [0.4, 0.5) is 0 Å². The summed E-state index contributed by atoms with van der Waals surface area (Å²) < 4.78 is 4.71. The van der Waals surface area contributed by atoms with E-state index in [1.54, 1.807) is 0 Å². The molecule has 2 fully saturated rings. The third-order valence-electron chi connectivity index (χ3n) is 4.25. The van der Waals surface area contributed by atoms with Gasteiger partial charge >= 0.3 is 5.97 Å². The van der Waals surface area contributed by atoms with E-state index in [1.165, 1.54) is 19.1 Å². The summed E-state index contributed by atoms with van der Waals surface area (Å²) in [5.41, 5.74) is 0.579. The number of hydrogen-bond acceptors (Lipinski definition) is 4. The van der Waals surface area contributed by atoms with Crippen molar-refractivity contribution in [2.75, 3.05) is 14.2 Å². The van der Waals surface area contributed by atoms with Gasteiger partial charge in [-0.05, 0) is 12.3 Å². The van der Waals surface area contributed by atoms with Gasteiger partial charge in [0.1, 0.15) is 0 Å². The van der Waals surface area contributed by atoms with E-state index in [0.29, 0.717) is 5.57 Å². The van der Waals surface area contributed by atoms with Gasteiger partial charge in [-0.25, -0.2) is 4.79 Å². The highest BCUT2D eigenvalue weighted by molar-refractivity contribution is 6.07. The number of amides is 2. The molecule has 2 bridgehead atoms. The van der Waals surface area contributed by atoms with Gasteiger partial charge in [-0.15, -0.1) is 0 Å². The van der Waals surface area contributed by atoms with E-state index >= 15 is 0 Å². The monoisotopic (exact) mass is 235 g/mol. The van der Waals surface area contributed by atoms with E-state index in [2.05, 4.69) is 0 Å². The Labute approximate surface area is 98.4 Å². The summed E-state index contributed by atoms with van der Waals surface area (Å²) in [7, 11) is 2.85. The first-order chi connectivity index (χ1) is 8.06. The highest BCUT2D eigenvalue weighted by Crippen LogP contribution is 2.55. The van der Waals surface area contributed by atoms with Crippen LogP contribution in [0, 0.1) is 23.7 Å². The van der Waals surface area contributed by atoms with Crippen LogP contribution >= 0.6 is 0 Å². The molecular weight excluding hydrogens is 222 g/mol.